The van der Waals surface area contributed by atoms with Crippen molar-refractivity contribution in [2.24, 2.45) is 0 Å². The lowest BCUT2D eigenvalue weighted by Crippen LogP contribution is -2.32. The van der Waals surface area contributed by atoms with E-state index < -0.39 is 0 Å². The van der Waals surface area contributed by atoms with Gasteiger partial charge in [-0.2, -0.15) is 0 Å². The van der Waals surface area contributed by atoms with E-state index in [-0.39, 0.29) is 0 Å². The average molecular weight is 180 g/mol. The quantitative estimate of drug-likeness (QED) is 0.745. The lowest BCUT2D eigenvalue weighted by molar-refractivity contribution is 0.507. The zero-order chi connectivity index (χ0) is 9.26. The van der Waals surface area contributed by atoms with E-state index >= 15 is 0 Å². The minimum Gasteiger partial charge on any atom is -0.446 e. The molecule has 0 amide bonds. The van der Waals surface area contributed by atoms with Crippen LogP contribution in [-0.4, -0.2) is 26.2 Å². The van der Waals surface area contributed by atoms with Crippen LogP contribution in [0.1, 0.15) is 12.2 Å². The van der Waals surface area contributed by atoms with Crippen molar-refractivity contribution in [3.05, 3.63) is 17.9 Å². The Kier molecular flexibility index (Phi) is 2.27. The Hall–Kier alpha value is -0.960. The van der Waals surface area contributed by atoms with Gasteiger partial charge in [0.1, 0.15) is 5.76 Å². The van der Waals surface area contributed by atoms with Crippen LogP contribution in [0.3, 0.4) is 0 Å². The van der Waals surface area contributed by atoms with E-state index in [9.17, 15) is 0 Å². The Balaban J connectivity index is 2.07. The molecule has 1 aromatic rings. The highest BCUT2D eigenvalue weighted by molar-refractivity contribution is 5.37. The van der Waals surface area contributed by atoms with Crippen LogP contribution >= 0.6 is 0 Å². The maximum absolute atomic E-state index is 5.56. The van der Waals surface area contributed by atoms with Gasteiger partial charge in [0.15, 0.2) is 5.88 Å². The molecule has 0 spiro atoms. The SMILES string of the molecule is Cc1ccc(N(C)C2CCNC2)o1. The van der Waals surface area contributed by atoms with Crippen LogP contribution in [-0.2, 0) is 0 Å². The summed E-state index contributed by atoms with van der Waals surface area (Å²) in [6, 6.07) is 4.63. The van der Waals surface area contributed by atoms with Gasteiger partial charge >= 0.3 is 0 Å². The van der Waals surface area contributed by atoms with Gasteiger partial charge < -0.3 is 14.6 Å². The van der Waals surface area contributed by atoms with E-state index in [0.29, 0.717) is 6.04 Å². The molecule has 1 aromatic heterocycles. The van der Waals surface area contributed by atoms with Crippen LogP contribution in [0.15, 0.2) is 16.5 Å². The third kappa shape index (κ3) is 1.70. The first-order valence-electron chi connectivity index (χ1n) is 4.77. The van der Waals surface area contributed by atoms with Crippen molar-refractivity contribution in [1.82, 2.24) is 5.32 Å². The number of hydrogen-bond donors (Lipinski definition) is 1. The van der Waals surface area contributed by atoms with Gasteiger partial charge in [-0.1, -0.05) is 0 Å². The normalized spacial score (nSPS) is 22.2. The van der Waals surface area contributed by atoms with Gasteiger partial charge in [-0.25, -0.2) is 0 Å². The predicted molar refractivity (Wildman–Crippen MR) is 53.1 cm³/mol. The molecule has 3 heteroatoms. The van der Waals surface area contributed by atoms with E-state index in [1.165, 1.54) is 6.42 Å². The van der Waals surface area contributed by atoms with Gasteiger partial charge in [0.25, 0.3) is 0 Å². The molecule has 1 atom stereocenters. The minimum atomic E-state index is 0.588. The first-order valence-corrected chi connectivity index (χ1v) is 4.77. The second kappa shape index (κ2) is 3.42. The fourth-order valence-electron chi connectivity index (χ4n) is 1.76. The fourth-order valence-corrected chi connectivity index (χ4v) is 1.76. The van der Waals surface area contributed by atoms with Crippen molar-refractivity contribution in [2.45, 2.75) is 19.4 Å². The summed E-state index contributed by atoms with van der Waals surface area (Å²) in [5, 5.41) is 3.35. The third-order valence-corrected chi connectivity index (χ3v) is 2.66. The maximum atomic E-state index is 5.56. The van der Waals surface area contributed by atoms with Crippen LogP contribution in [0.2, 0.25) is 0 Å². The van der Waals surface area contributed by atoms with Crippen LogP contribution in [0, 0.1) is 6.92 Å². The molecule has 0 bridgehead atoms. The smallest absolute Gasteiger partial charge is 0.195 e. The van der Waals surface area contributed by atoms with Crippen LogP contribution in [0.4, 0.5) is 5.88 Å². The van der Waals surface area contributed by atoms with E-state index in [1.807, 2.05) is 19.1 Å². The molecule has 72 valence electrons. The molecule has 1 unspecified atom stereocenters. The van der Waals surface area contributed by atoms with E-state index in [0.717, 1.165) is 24.7 Å². The van der Waals surface area contributed by atoms with Crippen molar-refractivity contribution >= 4 is 5.88 Å². The fraction of sp³-hybridized carbons (Fsp3) is 0.600. The summed E-state index contributed by atoms with van der Waals surface area (Å²) in [6.07, 6.45) is 1.20. The minimum absolute atomic E-state index is 0.588. The third-order valence-electron chi connectivity index (χ3n) is 2.66. The van der Waals surface area contributed by atoms with Gasteiger partial charge in [-0.05, 0) is 26.0 Å². The lowest BCUT2D eigenvalue weighted by Gasteiger charge is -2.22. The summed E-state index contributed by atoms with van der Waals surface area (Å²) in [5.74, 6) is 1.96. The molecule has 1 fully saturated rings. The monoisotopic (exact) mass is 180 g/mol. The number of furan rings is 1. The number of likely N-dealkylation sites (N-methyl/N-ethyl adjacent to an activating group) is 1. The molecule has 1 aliphatic heterocycles. The van der Waals surface area contributed by atoms with Gasteiger partial charge in [-0.15, -0.1) is 0 Å². The molecule has 13 heavy (non-hydrogen) atoms. The molecular formula is C10H16N2O. The van der Waals surface area contributed by atoms with E-state index in [1.54, 1.807) is 0 Å². The van der Waals surface area contributed by atoms with E-state index in [2.05, 4.69) is 17.3 Å². The molecule has 1 aliphatic rings. The van der Waals surface area contributed by atoms with Gasteiger partial charge in [-0.3, -0.25) is 0 Å². The highest BCUT2D eigenvalue weighted by atomic mass is 16.4. The first kappa shape index (κ1) is 8.63. The summed E-state index contributed by atoms with van der Waals surface area (Å²) in [6.45, 7) is 4.16. The van der Waals surface area contributed by atoms with Crippen LogP contribution < -0.4 is 10.2 Å². The molecule has 0 aromatic carbocycles. The number of nitrogens with one attached hydrogen (secondary N) is 1. The molecule has 3 nitrogen and oxygen atoms in total. The molecule has 1 saturated heterocycles. The second-order valence-electron chi connectivity index (χ2n) is 3.64. The summed E-state index contributed by atoms with van der Waals surface area (Å²) < 4.78 is 5.56. The summed E-state index contributed by atoms with van der Waals surface area (Å²) in [5.41, 5.74) is 0. The van der Waals surface area contributed by atoms with Crippen LogP contribution in [0.25, 0.3) is 0 Å². The van der Waals surface area contributed by atoms with Crippen molar-refractivity contribution in [1.29, 1.82) is 0 Å². The summed E-state index contributed by atoms with van der Waals surface area (Å²) >= 11 is 0. The molecule has 0 radical (unpaired) electrons. The number of rotatable bonds is 2. The molecular weight excluding hydrogens is 164 g/mol. The predicted octanol–water partition coefficient (Wildman–Crippen LogP) is 1.39. The zero-order valence-corrected chi connectivity index (χ0v) is 8.21. The summed E-state index contributed by atoms with van der Waals surface area (Å²) in [7, 11) is 2.09. The maximum Gasteiger partial charge on any atom is 0.195 e. The zero-order valence-electron chi connectivity index (χ0n) is 8.21. The number of hydrogen-bond acceptors (Lipinski definition) is 3. The number of nitrogens with zero attached hydrogens (tertiary/aromatic N) is 1. The molecule has 0 saturated carbocycles. The molecule has 1 N–H and O–H groups in total. The second-order valence-corrected chi connectivity index (χ2v) is 3.64. The Labute approximate surface area is 78.7 Å². The Bertz CT molecular complexity index is 276. The van der Waals surface area contributed by atoms with Crippen molar-refractivity contribution in [3.63, 3.8) is 0 Å². The molecule has 2 heterocycles. The number of aryl methyl sites for hydroxylation is 1. The Morgan fingerprint density at radius 1 is 1.54 bits per heavy atom. The Morgan fingerprint density at radius 3 is 2.92 bits per heavy atom. The van der Waals surface area contributed by atoms with Gasteiger partial charge in [0.05, 0.1) is 0 Å². The largest absolute Gasteiger partial charge is 0.446 e. The van der Waals surface area contributed by atoms with Gasteiger partial charge in [0, 0.05) is 25.7 Å². The number of anilines is 1. The standard InChI is InChI=1S/C10H16N2O/c1-8-3-4-10(13-8)12(2)9-5-6-11-7-9/h3-4,9,11H,5-7H2,1-2H3. The molecule has 0 aliphatic carbocycles. The first-order chi connectivity index (χ1) is 6.27. The van der Waals surface area contributed by atoms with Crippen LogP contribution in [0.5, 0.6) is 0 Å². The Morgan fingerprint density at radius 2 is 2.38 bits per heavy atom. The van der Waals surface area contributed by atoms with Gasteiger partial charge in [0.2, 0.25) is 0 Å². The average Bonchev–Trinajstić information content (AvgIpc) is 2.72. The van der Waals surface area contributed by atoms with Crippen molar-refractivity contribution in [2.75, 3.05) is 25.0 Å². The van der Waals surface area contributed by atoms with E-state index in [4.69, 9.17) is 4.42 Å². The lowest BCUT2D eigenvalue weighted by atomic mass is 10.2. The van der Waals surface area contributed by atoms with Crippen molar-refractivity contribution < 1.29 is 4.42 Å². The summed E-state index contributed by atoms with van der Waals surface area (Å²) in [4.78, 5) is 2.22. The highest BCUT2D eigenvalue weighted by Gasteiger charge is 2.20. The highest BCUT2D eigenvalue weighted by Crippen LogP contribution is 2.20. The molecule has 2 rings (SSSR count). The van der Waals surface area contributed by atoms with Crippen molar-refractivity contribution in [3.8, 4) is 0 Å². The topological polar surface area (TPSA) is 28.4 Å².